The second-order valence-corrected chi connectivity index (χ2v) is 4.07. The lowest BCUT2D eigenvalue weighted by molar-refractivity contribution is -0.171. The van der Waals surface area contributed by atoms with Crippen LogP contribution in [0.15, 0.2) is 22.7 Å². The Hall–Kier alpha value is -0.910. The summed E-state index contributed by atoms with van der Waals surface area (Å²) in [6.45, 7) is 0. The Morgan fingerprint density at radius 1 is 1.31 bits per heavy atom. The highest BCUT2D eigenvalue weighted by Gasteiger charge is 2.37. The van der Waals surface area contributed by atoms with Gasteiger partial charge in [-0.05, 0) is 24.1 Å². The fourth-order valence-electron chi connectivity index (χ4n) is 1.11. The lowest BCUT2D eigenvalue weighted by Crippen LogP contribution is -2.23. The third-order valence-corrected chi connectivity index (χ3v) is 2.45. The van der Waals surface area contributed by atoms with Crippen LogP contribution >= 0.6 is 15.9 Å². The Kier molecular flexibility index (Phi) is 4.07. The van der Waals surface area contributed by atoms with Gasteiger partial charge in [0, 0.05) is 10.9 Å². The molecule has 0 fully saturated rings. The van der Waals surface area contributed by atoms with Crippen molar-refractivity contribution in [3.63, 3.8) is 0 Å². The summed E-state index contributed by atoms with van der Waals surface area (Å²) in [5, 5.41) is 0. The number of aryl methyl sites for hydroxylation is 1. The summed E-state index contributed by atoms with van der Waals surface area (Å²) in [6, 6.07) is 4.01. The molecule has 0 amide bonds. The number of carbonyl (C=O) groups is 1. The van der Waals surface area contributed by atoms with E-state index in [0.29, 0.717) is 4.47 Å². The molecule has 16 heavy (non-hydrogen) atoms. The van der Waals surface area contributed by atoms with Crippen LogP contribution in [-0.4, -0.2) is 12.0 Å². The van der Waals surface area contributed by atoms with Crippen LogP contribution in [0.3, 0.4) is 0 Å². The minimum Gasteiger partial charge on any atom is -0.290 e. The first-order valence-electron chi connectivity index (χ1n) is 4.34. The van der Waals surface area contributed by atoms with Gasteiger partial charge in [0.1, 0.15) is 5.82 Å². The molecule has 1 nitrogen and oxygen atoms in total. The predicted octanol–water partition coefficient (Wildman–Crippen LogP) is 3.65. The zero-order valence-electron chi connectivity index (χ0n) is 7.94. The van der Waals surface area contributed by atoms with Crippen LogP contribution in [0.4, 0.5) is 17.6 Å². The van der Waals surface area contributed by atoms with Crippen LogP contribution < -0.4 is 0 Å². The van der Waals surface area contributed by atoms with Crippen LogP contribution in [0.1, 0.15) is 12.0 Å². The number of benzene rings is 1. The second kappa shape index (κ2) is 4.95. The third kappa shape index (κ3) is 3.59. The monoisotopic (exact) mass is 298 g/mol. The topological polar surface area (TPSA) is 17.1 Å². The van der Waals surface area contributed by atoms with Gasteiger partial charge < -0.3 is 0 Å². The molecule has 0 bridgehead atoms. The Morgan fingerprint density at radius 3 is 2.44 bits per heavy atom. The highest BCUT2D eigenvalue weighted by Crippen LogP contribution is 2.21. The zero-order chi connectivity index (χ0) is 12.3. The van der Waals surface area contributed by atoms with Crippen molar-refractivity contribution in [3.8, 4) is 0 Å². The summed E-state index contributed by atoms with van der Waals surface area (Å²) in [6.07, 6.45) is -5.83. The van der Waals surface area contributed by atoms with E-state index in [1.807, 2.05) is 0 Å². The number of ketones is 1. The van der Waals surface area contributed by atoms with Gasteiger partial charge in [0.2, 0.25) is 5.78 Å². The quantitative estimate of drug-likeness (QED) is 0.779. The average Bonchev–Trinajstić information content (AvgIpc) is 2.14. The van der Waals surface area contributed by atoms with E-state index in [0.717, 1.165) is 6.07 Å². The summed E-state index contributed by atoms with van der Waals surface area (Å²) in [5.74, 6) is -2.46. The van der Waals surface area contributed by atoms with E-state index >= 15 is 0 Å². The van der Waals surface area contributed by atoms with Crippen molar-refractivity contribution in [2.24, 2.45) is 0 Å². The lowest BCUT2D eigenvalue weighted by atomic mass is 10.1. The van der Waals surface area contributed by atoms with Crippen LogP contribution in [-0.2, 0) is 11.2 Å². The Morgan fingerprint density at radius 2 is 1.94 bits per heavy atom. The normalized spacial score (nSPS) is 11.6. The molecule has 0 heterocycles. The summed E-state index contributed by atoms with van der Waals surface area (Å²) < 4.78 is 49.3. The molecule has 0 aliphatic carbocycles. The zero-order valence-corrected chi connectivity index (χ0v) is 9.53. The minimum absolute atomic E-state index is 0.0980. The van der Waals surface area contributed by atoms with Gasteiger partial charge in [0.15, 0.2) is 0 Å². The van der Waals surface area contributed by atoms with Gasteiger partial charge in [0.25, 0.3) is 0 Å². The maximum absolute atomic E-state index is 13.2. The fourth-order valence-corrected chi connectivity index (χ4v) is 1.45. The van der Waals surface area contributed by atoms with Gasteiger partial charge in [-0.15, -0.1) is 0 Å². The van der Waals surface area contributed by atoms with Gasteiger partial charge in [-0.25, -0.2) is 4.39 Å². The largest absolute Gasteiger partial charge is 0.449 e. The SMILES string of the molecule is O=C(CCc1ccc(Br)cc1F)C(F)(F)F. The molecule has 1 aromatic rings. The van der Waals surface area contributed by atoms with E-state index in [9.17, 15) is 22.4 Å². The summed E-state index contributed by atoms with van der Waals surface area (Å²) in [4.78, 5) is 10.6. The molecule has 1 aromatic carbocycles. The molecule has 1 rings (SSSR count). The van der Waals surface area contributed by atoms with Crippen molar-refractivity contribution in [3.05, 3.63) is 34.1 Å². The molecule has 0 unspecified atom stereocenters. The number of carbonyl (C=O) groups excluding carboxylic acids is 1. The standard InChI is InChI=1S/C10H7BrF4O/c11-7-3-1-6(8(12)5-7)2-4-9(16)10(13,14)15/h1,3,5H,2,4H2. The Labute approximate surface area is 97.6 Å². The van der Waals surface area contributed by atoms with E-state index in [1.54, 1.807) is 0 Å². The van der Waals surface area contributed by atoms with E-state index in [2.05, 4.69) is 15.9 Å². The molecular formula is C10H7BrF4O. The smallest absolute Gasteiger partial charge is 0.290 e. The number of Topliss-reactive ketones (excluding diaryl/α,β-unsaturated/α-hetero) is 1. The Bertz CT molecular complexity index is 400. The van der Waals surface area contributed by atoms with E-state index in [4.69, 9.17) is 0 Å². The van der Waals surface area contributed by atoms with Crippen LogP contribution in [0.25, 0.3) is 0 Å². The van der Waals surface area contributed by atoms with E-state index in [-0.39, 0.29) is 12.0 Å². The van der Waals surface area contributed by atoms with Crippen molar-refractivity contribution in [1.82, 2.24) is 0 Å². The molecule has 0 saturated carbocycles. The molecule has 0 aromatic heterocycles. The third-order valence-electron chi connectivity index (χ3n) is 1.95. The number of rotatable bonds is 3. The molecular weight excluding hydrogens is 292 g/mol. The molecule has 0 saturated heterocycles. The van der Waals surface area contributed by atoms with Gasteiger partial charge in [-0.1, -0.05) is 22.0 Å². The predicted molar refractivity (Wildman–Crippen MR) is 53.5 cm³/mol. The maximum atomic E-state index is 13.2. The highest BCUT2D eigenvalue weighted by atomic mass is 79.9. The van der Waals surface area contributed by atoms with Crippen molar-refractivity contribution in [1.29, 1.82) is 0 Å². The first kappa shape index (κ1) is 13.2. The average molecular weight is 299 g/mol. The number of hydrogen-bond donors (Lipinski definition) is 0. The van der Waals surface area contributed by atoms with Gasteiger partial charge in [-0.3, -0.25) is 4.79 Å². The lowest BCUT2D eigenvalue weighted by Gasteiger charge is -2.06. The minimum atomic E-state index is -4.84. The van der Waals surface area contributed by atoms with Crippen molar-refractivity contribution in [2.45, 2.75) is 19.0 Å². The van der Waals surface area contributed by atoms with Crippen LogP contribution in [0.2, 0.25) is 0 Å². The molecule has 88 valence electrons. The van der Waals surface area contributed by atoms with Crippen LogP contribution in [0.5, 0.6) is 0 Å². The second-order valence-electron chi connectivity index (χ2n) is 3.16. The van der Waals surface area contributed by atoms with Crippen LogP contribution in [0, 0.1) is 5.82 Å². The number of halogens is 5. The molecule has 0 atom stereocenters. The van der Waals surface area contributed by atoms with Crippen molar-refractivity contribution >= 4 is 21.7 Å². The maximum Gasteiger partial charge on any atom is 0.449 e. The van der Waals surface area contributed by atoms with Crippen molar-refractivity contribution in [2.75, 3.05) is 0 Å². The van der Waals surface area contributed by atoms with Gasteiger partial charge in [-0.2, -0.15) is 13.2 Å². The first-order valence-corrected chi connectivity index (χ1v) is 5.14. The van der Waals surface area contributed by atoms with Gasteiger partial charge >= 0.3 is 6.18 Å². The van der Waals surface area contributed by atoms with E-state index in [1.165, 1.54) is 12.1 Å². The molecule has 0 radical (unpaired) electrons. The fraction of sp³-hybridized carbons (Fsp3) is 0.300. The van der Waals surface area contributed by atoms with Crippen molar-refractivity contribution < 1.29 is 22.4 Å². The van der Waals surface area contributed by atoms with Gasteiger partial charge in [0.05, 0.1) is 0 Å². The highest BCUT2D eigenvalue weighted by molar-refractivity contribution is 9.10. The molecule has 6 heteroatoms. The summed E-state index contributed by atoms with van der Waals surface area (Å²) in [7, 11) is 0. The molecule has 0 aliphatic rings. The first-order chi connectivity index (χ1) is 7.30. The molecule has 0 spiro atoms. The molecule has 0 N–H and O–H groups in total. The summed E-state index contributed by atoms with van der Waals surface area (Å²) >= 11 is 3.02. The summed E-state index contributed by atoms with van der Waals surface area (Å²) in [5.41, 5.74) is 0.0980. The number of hydrogen-bond acceptors (Lipinski definition) is 1. The van der Waals surface area contributed by atoms with E-state index < -0.39 is 24.2 Å². The molecule has 0 aliphatic heterocycles. The Balaban J connectivity index is 2.65. The number of alkyl halides is 3.